The van der Waals surface area contributed by atoms with Crippen molar-refractivity contribution in [2.45, 2.75) is 18.5 Å². The molecule has 0 spiro atoms. The molecule has 3 atom stereocenters. The first kappa shape index (κ1) is 29.5. The van der Waals surface area contributed by atoms with E-state index in [9.17, 15) is 0 Å². The highest BCUT2D eigenvalue weighted by molar-refractivity contribution is 6.21. The van der Waals surface area contributed by atoms with Gasteiger partial charge in [0.25, 0.3) is 0 Å². The Balaban J connectivity index is 1.08. The molecule has 8 aromatic rings. The lowest BCUT2D eigenvalue weighted by Gasteiger charge is -2.34. The van der Waals surface area contributed by atoms with E-state index >= 15 is 0 Å². The number of aromatic nitrogens is 1. The second-order valence-corrected chi connectivity index (χ2v) is 13.3. The van der Waals surface area contributed by atoms with Crippen molar-refractivity contribution in [3.05, 3.63) is 193 Å². The number of nitrogens with zero attached hydrogens (tertiary/aromatic N) is 2. The normalized spacial score (nSPS) is 18.8. The average Bonchev–Trinajstić information content (AvgIpc) is 3.55. The van der Waals surface area contributed by atoms with Crippen molar-refractivity contribution in [1.82, 2.24) is 20.5 Å². The van der Waals surface area contributed by atoms with Crippen LogP contribution in [0, 0.1) is 0 Å². The van der Waals surface area contributed by atoms with Crippen LogP contribution in [-0.4, -0.2) is 10.4 Å². The maximum atomic E-state index is 5.27. The Bertz CT molecular complexity index is 2690. The zero-order valence-corrected chi connectivity index (χ0v) is 27.9. The molecule has 0 saturated heterocycles. The van der Waals surface area contributed by atoms with Crippen molar-refractivity contribution >= 4 is 49.2 Å². The zero-order valence-electron chi connectivity index (χ0n) is 27.9. The fourth-order valence-corrected chi connectivity index (χ4v) is 7.80. The minimum absolute atomic E-state index is 0.146. The summed E-state index contributed by atoms with van der Waals surface area (Å²) in [7, 11) is 0. The number of hydrogen-bond donors (Lipinski definition) is 3. The molecule has 1 aromatic heterocycles. The van der Waals surface area contributed by atoms with Gasteiger partial charge in [0.05, 0.1) is 16.7 Å². The van der Waals surface area contributed by atoms with Gasteiger partial charge in [-0.3, -0.25) is 5.32 Å². The van der Waals surface area contributed by atoms with Gasteiger partial charge in [0.2, 0.25) is 0 Å². The fourth-order valence-electron chi connectivity index (χ4n) is 7.80. The van der Waals surface area contributed by atoms with Crippen LogP contribution in [0.2, 0.25) is 0 Å². The molecule has 3 heterocycles. The van der Waals surface area contributed by atoms with Crippen molar-refractivity contribution in [3.8, 4) is 11.1 Å². The number of allylic oxidation sites excluding steroid dienone is 2. The quantitative estimate of drug-likeness (QED) is 0.173. The third kappa shape index (κ3) is 5.18. The van der Waals surface area contributed by atoms with Gasteiger partial charge in [-0.2, -0.15) is 0 Å². The molecule has 3 N–H and O–H groups in total. The van der Waals surface area contributed by atoms with E-state index in [0.29, 0.717) is 0 Å². The summed E-state index contributed by atoms with van der Waals surface area (Å²) in [5.74, 6) is 0.825. The lowest BCUT2D eigenvalue weighted by atomic mass is 10.0. The van der Waals surface area contributed by atoms with Gasteiger partial charge in [0.15, 0.2) is 0 Å². The average molecular weight is 658 g/mol. The second kappa shape index (κ2) is 12.2. The summed E-state index contributed by atoms with van der Waals surface area (Å²) in [6, 6.07) is 56.4. The van der Waals surface area contributed by atoms with E-state index in [2.05, 4.69) is 196 Å². The van der Waals surface area contributed by atoms with E-state index in [-0.39, 0.29) is 18.5 Å². The van der Waals surface area contributed by atoms with Crippen LogP contribution >= 0.6 is 0 Å². The molecule has 7 aromatic carbocycles. The Morgan fingerprint density at radius 1 is 0.529 bits per heavy atom. The minimum atomic E-state index is -0.223. The van der Waals surface area contributed by atoms with E-state index in [1.807, 2.05) is 0 Å². The van der Waals surface area contributed by atoms with Gasteiger partial charge in [-0.25, -0.2) is 4.99 Å². The Morgan fingerprint density at radius 3 is 2.14 bits per heavy atom. The highest BCUT2D eigenvalue weighted by Gasteiger charge is 2.29. The van der Waals surface area contributed by atoms with Gasteiger partial charge in [-0.05, 0) is 74.1 Å². The summed E-state index contributed by atoms with van der Waals surface area (Å²) >= 11 is 0. The maximum absolute atomic E-state index is 5.27. The van der Waals surface area contributed by atoms with Crippen LogP contribution in [0.1, 0.15) is 29.6 Å². The molecular weight excluding hydrogens is 623 g/mol. The summed E-state index contributed by atoms with van der Waals surface area (Å²) in [5, 5.41) is 18.9. The first-order valence-electron chi connectivity index (χ1n) is 17.6. The van der Waals surface area contributed by atoms with E-state index in [1.165, 1.54) is 54.5 Å². The Hall–Kier alpha value is -6.43. The molecule has 0 saturated carbocycles. The molecule has 0 radical (unpaired) electrons. The zero-order chi connectivity index (χ0) is 33.7. The summed E-state index contributed by atoms with van der Waals surface area (Å²) in [4.78, 5) is 5.27. The number of benzene rings is 7. The molecule has 0 fully saturated rings. The number of hydrogen-bond acceptors (Lipinski definition) is 4. The van der Waals surface area contributed by atoms with Crippen molar-refractivity contribution in [1.29, 1.82) is 0 Å². The molecular formula is C46H35N5. The van der Waals surface area contributed by atoms with Gasteiger partial charge in [0, 0.05) is 10.8 Å². The van der Waals surface area contributed by atoms with Gasteiger partial charge in [-0.1, -0.05) is 146 Å². The number of aliphatic imine (C=N–C) groups is 1. The first-order chi connectivity index (χ1) is 25.3. The topological polar surface area (TPSA) is 53.4 Å². The predicted octanol–water partition coefficient (Wildman–Crippen LogP) is 10.3. The van der Waals surface area contributed by atoms with Crippen LogP contribution in [0.15, 0.2) is 187 Å². The monoisotopic (exact) mass is 657 g/mol. The van der Waals surface area contributed by atoms with Crippen molar-refractivity contribution in [3.63, 3.8) is 0 Å². The van der Waals surface area contributed by atoms with Crippen molar-refractivity contribution in [2.24, 2.45) is 4.99 Å². The van der Waals surface area contributed by atoms with Gasteiger partial charge < -0.3 is 15.2 Å². The van der Waals surface area contributed by atoms with E-state index in [4.69, 9.17) is 4.99 Å². The standard InChI is InChI=1S/C46H35N5/c1-3-12-30(13-4-1)35-24-26-38-41(29-35)51(40-27-25-32-15-9-10-19-37(32)43(38)40)42-21-11-20-39(47-42)46-49-44(33-16-5-2-6-17-33)48-45(50-46)36-23-22-31-14-7-8-18-34(31)28-36/h1-29,42,44-45,47-48H,(H,49,50). The number of dihydropyridines is 1. The molecule has 5 heteroatoms. The van der Waals surface area contributed by atoms with Crippen molar-refractivity contribution in [2.75, 3.05) is 0 Å². The van der Waals surface area contributed by atoms with Gasteiger partial charge in [-0.15, -0.1) is 0 Å². The first-order valence-corrected chi connectivity index (χ1v) is 17.6. The SMILES string of the molecule is C1=CC(n2c3cc(-c4ccccc4)ccc3c3c4ccccc4ccc32)NC(C2=NC(c3ccccc3)NC(c3ccc4ccccc4c3)N2)=C1. The van der Waals surface area contributed by atoms with Crippen LogP contribution in [0.5, 0.6) is 0 Å². The second-order valence-electron chi connectivity index (χ2n) is 13.3. The maximum Gasteiger partial charge on any atom is 0.148 e. The van der Waals surface area contributed by atoms with Crippen LogP contribution in [-0.2, 0) is 0 Å². The predicted molar refractivity (Wildman–Crippen MR) is 211 cm³/mol. The number of fused-ring (bicyclic) bond motifs is 6. The lowest BCUT2D eigenvalue weighted by molar-refractivity contribution is 0.406. The number of nitrogens with one attached hydrogen (secondary N) is 3. The van der Waals surface area contributed by atoms with Crippen molar-refractivity contribution < 1.29 is 0 Å². The Kier molecular flexibility index (Phi) is 7.03. The molecule has 10 rings (SSSR count). The van der Waals surface area contributed by atoms with Gasteiger partial charge in [0.1, 0.15) is 24.3 Å². The van der Waals surface area contributed by atoms with E-state index in [0.717, 1.165) is 22.7 Å². The molecule has 2 aliphatic rings. The highest BCUT2D eigenvalue weighted by Crippen LogP contribution is 2.39. The van der Waals surface area contributed by atoms with Crippen LogP contribution < -0.4 is 16.0 Å². The molecule has 5 nitrogen and oxygen atoms in total. The third-order valence-electron chi connectivity index (χ3n) is 10.3. The molecule has 0 bridgehead atoms. The lowest BCUT2D eigenvalue weighted by Crippen LogP contribution is -2.47. The van der Waals surface area contributed by atoms with Crippen LogP contribution in [0.25, 0.3) is 54.5 Å². The molecule has 0 amide bonds. The van der Waals surface area contributed by atoms with Crippen LogP contribution in [0.3, 0.4) is 0 Å². The highest BCUT2D eigenvalue weighted by atomic mass is 15.3. The summed E-state index contributed by atoms with van der Waals surface area (Å²) in [5.41, 5.74) is 8.00. The van der Waals surface area contributed by atoms with Crippen LogP contribution in [0.4, 0.5) is 0 Å². The third-order valence-corrected chi connectivity index (χ3v) is 10.3. The number of rotatable bonds is 5. The van der Waals surface area contributed by atoms with E-state index < -0.39 is 0 Å². The Labute approximate surface area is 296 Å². The molecule has 3 unspecified atom stereocenters. The molecule has 51 heavy (non-hydrogen) atoms. The number of amidine groups is 1. The summed E-state index contributed by atoms with van der Waals surface area (Å²) in [6.07, 6.45) is 6.01. The smallest absolute Gasteiger partial charge is 0.148 e. The summed E-state index contributed by atoms with van der Waals surface area (Å²) < 4.78 is 2.45. The minimum Gasteiger partial charge on any atom is -0.359 e. The molecule has 244 valence electrons. The van der Waals surface area contributed by atoms with E-state index in [1.54, 1.807) is 0 Å². The molecule has 2 aliphatic heterocycles. The van der Waals surface area contributed by atoms with Gasteiger partial charge >= 0.3 is 0 Å². The Morgan fingerprint density at radius 2 is 1.27 bits per heavy atom. The fraction of sp³-hybridized carbons (Fsp3) is 0.0652. The summed E-state index contributed by atoms with van der Waals surface area (Å²) in [6.45, 7) is 0. The largest absolute Gasteiger partial charge is 0.359 e. The molecule has 0 aliphatic carbocycles.